The molecule has 2 rings (SSSR count). The number of halogens is 2. The SMILES string of the molecule is O=Cc1cccc2c1cc(Cl)n2CCCl. The maximum atomic E-state index is 10.8. The molecular formula is C11H9Cl2NO. The lowest BCUT2D eigenvalue weighted by molar-refractivity contribution is 0.112. The fourth-order valence-corrected chi connectivity index (χ4v) is 2.14. The molecule has 0 atom stereocenters. The van der Waals surface area contributed by atoms with Crippen LogP contribution in [0.4, 0.5) is 0 Å². The highest BCUT2D eigenvalue weighted by atomic mass is 35.5. The molecule has 78 valence electrons. The van der Waals surface area contributed by atoms with Gasteiger partial charge in [-0.3, -0.25) is 4.79 Å². The zero-order chi connectivity index (χ0) is 10.8. The van der Waals surface area contributed by atoms with Gasteiger partial charge in [0.15, 0.2) is 6.29 Å². The molecule has 1 aromatic heterocycles. The number of aryl methyl sites for hydroxylation is 1. The second-order valence-electron chi connectivity index (χ2n) is 3.21. The summed E-state index contributed by atoms with van der Waals surface area (Å²) >= 11 is 11.8. The predicted molar refractivity (Wildman–Crippen MR) is 63.1 cm³/mol. The first kappa shape index (κ1) is 10.5. The molecular weight excluding hydrogens is 233 g/mol. The van der Waals surface area contributed by atoms with Gasteiger partial charge in [-0.25, -0.2) is 0 Å². The first-order chi connectivity index (χ1) is 7.27. The Morgan fingerprint density at radius 1 is 1.40 bits per heavy atom. The molecule has 0 N–H and O–H groups in total. The van der Waals surface area contributed by atoms with Crippen LogP contribution < -0.4 is 0 Å². The number of hydrogen-bond acceptors (Lipinski definition) is 1. The quantitative estimate of drug-likeness (QED) is 0.597. The molecule has 0 saturated carbocycles. The Hall–Kier alpha value is -0.990. The van der Waals surface area contributed by atoms with E-state index in [2.05, 4.69) is 0 Å². The standard InChI is InChI=1S/C11H9Cl2NO/c12-4-5-14-10-3-1-2-8(7-15)9(10)6-11(14)13/h1-3,6-7H,4-5H2. The Kier molecular flexibility index (Phi) is 2.98. The van der Waals surface area contributed by atoms with Crippen LogP contribution in [0.5, 0.6) is 0 Å². The molecule has 0 radical (unpaired) electrons. The molecule has 0 aliphatic heterocycles. The summed E-state index contributed by atoms with van der Waals surface area (Å²) in [5.41, 5.74) is 1.60. The van der Waals surface area contributed by atoms with E-state index in [1.165, 1.54) is 0 Å². The van der Waals surface area contributed by atoms with E-state index in [0.29, 0.717) is 23.1 Å². The molecule has 0 aliphatic carbocycles. The van der Waals surface area contributed by atoms with Crippen molar-refractivity contribution >= 4 is 40.4 Å². The molecule has 0 unspecified atom stereocenters. The van der Waals surface area contributed by atoms with Crippen molar-refractivity contribution < 1.29 is 4.79 Å². The highest BCUT2D eigenvalue weighted by Gasteiger charge is 2.08. The van der Waals surface area contributed by atoms with E-state index in [9.17, 15) is 4.79 Å². The summed E-state index contributed by atoms with van der Waals surface area (Å²) in [7, 11) is 0. The minimum Gasteiger partial charge on any atom is -0.330 e. The number of aromatic nitrogens is 1. The van der Waals surface area contributed by atoms with Gasteiger partial charge in [0.1, 0.15) is 5.15 Å². The average Bonchev–Trinajstić information content (AvgIpc) is 2.56. The first-order valence-corrected chi connectivity index (χ1v) is 5.48. The van der Waals surface area contributed by atoms with Gasteiger partial charge >= 0.3 is 0 Å². The molecule has 0 saturated heterocycles. The van der Waals surface area contributed by atoms with Crippen molar-refractivity contribution in [2.24, 2.45) is 0 Å². The summed E-state index contributed by atoms with van der Waals surface area (Å²) in [5.74, 6) is 0.495. The number of fused-ring (bicyclic) bond motifs is 1. The normalized spacial score (nSPS) is 10.8. The average molecular weight is 242 g/mol. The number of carbonyl (C=O) groups excluding carboxylic acids is 1. The van der Waals surface area contributed by atoms with E-state index in [1.54, 1.807) is 12.1 Å². The van der Waals surface area contributed by atoms with Crippen molar-refractivity contribution in [3.8, 4) is 0 Å². The highest BCUT2D eigenvalue weighted by molar-refractivity contribution is 6.31. The maximum Gasteiger partial charge on any atom is 0.150 e. The second-order valence-corrected chi connectivity index (χ2v) is 3.97. The van der Waals surface area contributed by atoms with Crippen LogP contribution in [-0.4, -0.2) is 16.7 Å². The Labute approximate surface area is 97.4 Å². The molecule has 2 nitrogen and oxygen atoms in total. The number of rotatable bonds is 3. The molecule has 15 heavy (non-hydrogen) atoms. The number of alkyl halides is 1. The Balaban J connectivity index is 2.72. The van der Waals surface area contributed by atoms with Gasteiger partial charge in [-0.2, -0.15) is 0 Å². The van der Waals surface area contributed by atoms with Gasteiger partial charge < -0.3 is 4.57 Å². The van der Waals surface area contributed by atoms with Gasteiger partial charge in [0, 0.05) is 28.9 Å². The summed E-state index contributed by atoms with van der Waals surface area (Å²) in [5, 5.41) is 1.49. The molecule has 0 fully saturated rings. The van der Waals surface area contributed by atoms with Gasteiger partial charge in [-0.1, -0.05) is 23.7 Å². The largest absolute Gasteiger partial charge is 0.330 e. The minimum absolute atomic E-state index is 0.495. The summed E-state index contributed by atoms with van der Waals surface area (Å²) < 4.78 is 1.90. The van der Waals surface area contributed by atoms with E-state index >= 15 is 0 Å². The van der Waals surface area contributed by atoms with Crippen molar-refractivity contribution in [2.75, 3.05) is 5.88 Å². The summed E-state index contributed by atoms with van der Waals surface area (Å²) in [6.07, 6.45) is 0.837. The zero-order valence-corrected chi connectivity index (χ0v) is 9.42. The second kappa shape index (κ2) is 4.25. The smallest absolute Gasteiger partial charge is 0.150 e. The highest BCUT2D eigenvalue weighted by Crippen LogP contribution is 2.25. The lowest BCUT2D eigenvalue weighted by atomic mass is 10.1. The molecule has 2 aromatic rings. The Morgan fingerprint density at radius 2 is 2.20 bits per heavy atom. The third kappa shape index (κ3) is 1.75. The first-order valence-electron chi connectivity index (χ1n) is 4.57. The lowest BCUT2D eigenvalue weighted by Crippen LogP contribution is -1.98. The fraction of sp³-hybridized carbons (Fsp3) is 0.182. The van der Waals surface area contributed by atoms with Gasteiger partial charge in [0.05, 0.1) is 0 Å². The molecule has 0 aliphatic rings. The third-order valence-electron chi connectivity index (χ3n) is 2.36. The molecule has 0 spiro atoms. The molecule has 0 amide bonds. The van der Waals surface area contributed by atoms with Crippen LogP contribution >= 0.6 is 23.2 Å². The molecule has 4 heteroatoms. The summed E-state index contributed by atoms with van der Waals surface area (Å²) in [6, 6.07) is 7.34. The number of hydrogen-bond donors (Lipinski definition) is 0. The molecule has 1 aromatic carbocycles. The van der Waals surface area contributed by atoms with Crippen LogP contribution in [0.1, 0.15) is 10.4 Å². The van der Waals surface area contributed by atoms with E-state index in [1.807, 2.05) is 16.7 Å². The zero-order valence-electron chi connectivity index (χ0n) is 7.91. The number of benzene rings is 1. The van der Waals surface area contributed by atoms with Gasteiger partial charge in [0.2, 0.25) is 0 Å². The maximum absolute atomic E-state index is 10.8. The van der Waals surface area contributed by atoms with Crippen LogP contribution in [0.25, 0.3) is 10.9 Å². The van der Waals surface area contributed by atoms with Crippen LogP contribution in [-0.2, 0) is 6.54 Å². The Morgan fingerprint density at radius 3 is 2.87 bits per heavy atom. The fourth-order valence-electron chi connectivity index (χ4n) is 1.69. The van der Waals surface area contributed by atoms with Crippen LogP contribution in [0.3, 0.4) is 0 Å². The van der Waals surface area contributed by atoms with E-state index in [4.69, 9.17) is 23.2 Å². The monoisotopic (exact) mass is 241 g/mol. The van der Waals surface area contributed by atoms with Crippen molar-refractivity contribution in [2.45, 2.75) is 6.54 Å². The predicted octanol–water partition coefficient (Wildman–Crippen LogP) is 3.35. The van der Waals surface area contributed by atoms with Crippen molar-refractivity contribution in [3.05, 3.63) is 35.0 Å². The summed E-state index contributed by atoms with van der Waals surface area (Å²) in [4.78, 5) is 10.8. The number of nitrogens with zero attached hydrogens (tertiary/aromatic N) is 1. The molecule has 1 heterocycles. The number of aldehydes is 1. The van der Waals surface area contributed by atoms with Gasteiger partial charge in [-0.15, -0.1) is 11.6 Å². The number of carbonyl (C=O) groups is 1. The van der Waals surface area contributed by atoms with Gasteiger partial charge in [-0.05, 0) is 12.1 Å². The van der Waals surface area contributed by atoms with Crippen LogP contribution in [0.15, 0.2) is 24.3 Å². The Bertz CT molecular complexity index is 505. The van der Waals surface area contributed by atoms with Crippen molar-refractivity contribution in [3.63, 3.8) is 0 Å². The summed E-state index contributed by atoms with van der Waals surface area (Å²) in [6.45, 7) is 0.645. The topological polar surface area (TPSA) is 22.0 Å². The third-order valence-corrected chi connectivity index (χ3v) is 2.85. The van der Waals surface area contributed by atoms with Crippen LogP contribution in [0.2, 0.25) is 5.15 Å². The van der Waals surface area contributed by atoms with E-state index in [-0.39, 0.29) is 0 Å². The molecule has 0 bridgehead atoms. The van der Waals surface area contributed by atoms with Crippen LogP contribution in [0, 0.1) is 0 Å². The van der Waals surface area contributed by atoms with E-state index < -0.39 is 0 Å². The van der Waals surface area contributed by atoms with E-state index in [0.717, 1.165) is 17.2 Å². The van der Waals surface area contributed by atoms with Crippen molar-refractivity contribution in [1.82, 2.24) is 4.57 Å². The van der Waals surface area contributed by atoms with Gasteiger partial charge in [0.25, 0.3) is 0 Å². The lowest BCUT2D eigenvalue weighted by Gasteiger charge is -2.03. The van der Waals surface area contributed by atoms with Crippen molar-refractivity contribution in [1.29, 1.82) is 0 Å². The minimum atomic E-state index is 0.495.